The van der Waals surface area contributed by atoms with Crippen molar-refractivity contribution < 1.29 is 9.90 Å². The van der Waals surface area contributed by atoms with Crippen molar-refractivity contribution in [3.8, 4) is 6.07 Å². The number of rotatable bonds is 3. The number of allylic oxidation sites excluding steroid dienone is 1. The third-order valence-electron chi connectivity index (χ3n) is 2.23. The molecule has 16 heavy (non-hydrogen) atoms. The number of benzene rings is 1. The molecule has 0 saturated carbocycles. The number of aliphatic carboxylic acids is 1. The van der Waals surface area contributed by atoms with E-state index in [1.54, 1.807) is 18.2 Å². The Morgan fingerprint density at radius 1 is 1.50 bits per heavy atom. The first-order valence-electron chi connectivity index (χ1n) is 4.99. The first-order valence-corrected chi connectivity index (χ1v) is 4.99. The fraction of sp³-hybridized carbons (Fsp3) is 0.231. The molecular weight excluding hydrogens is 202 g/mol. The van der Waals surface area contributed by atoms with Crippen LogP contribution in [0.15, 0.2) is 30.3 Å². The van der Waals surface area contributed by atoms with Crippen molar-refractivity contribution in [2.24, 2.45) is 5.92 Å². The fourth-order valence-electron chi connectivity index (χ4n) is 1.48. The van der Waals surface area contributed by atoms with Crippen LogP contribution in [0.1, 0.15) is 25.0 Å². The minimum Gasteiger partial charge on any atom is -0.478 e. The summed E-state index contributed by atoms with van der Waals surface area (Å²) in [5, 5.41) is 17.6. The number of nitriles is 1. The first kappa shape index (κ1) is 12.0. The Hall–Kier alpha value is -2.08. The van der Waals surface area contributed by atoms with Crippen LogP contribution in [-0.4, -0.2) is 11.1 Å². The zero-order valence-corrected chi connectivity index (χ0v) is 9.27. The van der Waals surface area contributed by atoms with Gasteiger partial charge in [-0.1, -0.05) is 26.0 Å². The monoisotopic (exact) mass is 215 g/mol. The van der Waals surface area contributed by atoms with Gasteiger partial charge in [-0.25, -0.2) is 4.79 Å². The summed E-state index contributed by atoms with van der Waals surface area (Å²) in [5.74, 6) is -0.865. The second-order valence-corrected chi connectivity index (χ2v) is 3.79. The number of carboxylic acid groups (broad SMARTS) is 1. The summed E-state index contributed by atoms with van der Waals surface area (Å²) >= 11 is 0. The minimum atomic E-state index is -0.967. The van der Waals surface area contributed by atoms with E-state index < -0.39 is 5.97 Å². The van der Waals surface area contributed by atoms with Gasteiger partial charge >= 0.3 is 5.97 Å². The second kappa shape index (κ2) is 5.13. The number of hydrogen-bond acceptors (Lipinski definition) is 2. The van der Waals surface area contributed by atoms with Gasteiger partial charge in [-0.05, 0) is 29.2 Å². The van der Waals surface area contributed by atoms with Gasteiger partial charge in [-0.3, -0.25) is 0 Å². The van der Waals surface area contributed by atoms with E-state index in [1.807, 2.05) is 26.0 Å². The Morgan fingerprint density at radius 2 is 2.19 bits per heavy atom. The van der Waals surface area contributed by atoms with Gasteiger partial charge < -0.3 is 5.11 Å². The largest absolute Gasteiger partial charge is 0.478 e. The molecule has 1 aromatic carbocycles. The predicted molar refractivity (Wildman–Crippen MR) is 61.6 cm³/mol. The topological polar surface area (TPSA) is 61.1 Å². The highest BCUT2D eigenvalue weighted by Crippen LogP contribution is 2.23. The Labute approximate surface area is 94.6 Å². The van der Waals surface area contributed by atoms with Gasteiger partial charge in [0.2, 0.25) is 0 Å². The standard InChI is InChI=1S/C13H13NO2/c1-9(2)12(7-13(15)16)11-5-3-4-10(6-11)8-14/h3-7,9H,1-2H3,(H,15,16). The average molecular weight is 215 g/mol. The van der Waals surface area contributed by atoms with Crippen LogP contribution in [0.25, 0.3) is 5.57 Å². The molecule has 0 amide bonds. The Kier molecular flexibility index (Phi) is 3.84. The third-order valence-corrected chi connectivity index (χ3v) is 2.23. The quantitative estimate of drug-likeness (QED) is 0.788. The van der Waals surface area contributed by atoms with E-state index in [0.717, 1.165) is 11.1 Å². The molecule has 0 heterocycles. The maximum absolute atomic E-state index is 10.7. The Morgan fingerprint density at radius 3 is 2.69 bits per heavy atom. The van der Waals surface area contributed by atoms with Gasteiger partial charge in [0.25, 0.3) is 0 Å². The highest BCUT2D eigenvalue weighted by Gasteiger charge is 2.09. The number of carbonyl (C=O) groups is 1. The fourth-order valence-corrected chi connectivity index (χ4v) is 1.48. The molecule has 0 unspecified atom stereocenters. The van der Waals surface area contributed by atoms with E-state index in [4.69, 9.17) is 10.4 Å². The molecule has 3 nitrogen and oxygen atoms in total. The molecule has 0 saturated heterocycles. The number of carboxylic acids is 1. The summed E-state index contributed by atoms with van der Waals surface area (Å²) in [4.78, 5) is 10.7. The minimum absolute atomic E-state index is 0.102. The van der Waals surface area contributed by atoms with Crippen molar-refractivity contribution in [3.63, 3.8) is 0 Å². The van der Waals surface area contributed by atoms with Crippen molar-refractivity contribution in [3.05, 3.63) is 41.5 Å². The molecule has 0 bridgehead atoms. The SMILES string of the molecule is CC(C)C(=CC(=O)O)c1cccc(C#N)c1. The van der Waals surface area contributed by atoms with Crippen molar-refractivity contribution in [1.29, 1.82) is 5.26 Å². The summed E-state index contributed by atoms with van der Waals surface area (Å²) in [7, 11) is 0. The normalized spacial score (nSPS) is 11.2. The molecule has 0 aliphatic rings. The van der Waals surface area contributed by atoms with Gasteiger partial charge in [0, 0.05) is 6.08 Å². The molecule has 0 fully saturated rings. The molecule has 0 aliphatic heterocycles. The van der Waals surface area contributed by atoms with Gasteiger partial charge in [0.15, 0.2) is 0 Å². The van der Waals surface area contributed by atoms with Crippen LogP contribution in [-0.2, 0) is 4.79 Å². The molecule has 1 rings (SSSR count). The van der Waals surface area contributed by atoms with Gasteiger partial charge in [-0.15, -0.1) is 0 Å². The van der Waals surface area contributed by atoms with Gasteiger partial charge in [0.1, 0.15) is 0 Å². The molecule has 1 aromatic rings. The molecule has 0 aromatic heterocycles. The smallest absolute Gasteiger partial charge is 0.328 e. The lowest BCUT2D eigenvalue weighted by molar-refractivity contribution is -0.131. The van der Waals surface area contributed by atoms with Crippen molar-refractivity contribution in [2.75, 3.05) is 0 Å². The van der Waals surface area contributed by atoms with Crippen molar-refractivity contribution >= 4 is 11.5 Å². The van der Waals surface area contributed by atoms with Crippen LogP contribution < -0.4 is 0 Å². The summed E-state index contributed by atoms with van der Waals surface area (Å²) in [6.45, 7) is 3.85. The molecule has 0 spiro atoms. The molecule has 0 radical (unpaired) electrons. The summed E-state index contributed by atoms with van der Waals surface area (Å²) in [6.07, 6.45) is 1.20. The van der Waals surface area contributed by atoms with E-state index in [1.165, 1.54) is 6.08 Å². The zero-order chi connectivity index (χ0) is 12.1. The van der Waals surface area contributed by atoms with Crippen LogP contribution in [0.5, 0.6) is 0 Å². The van der Waals surface area contributed by atoms with E-state index in [2.05, 4.69) is 0 Å². The molecule has 0 atom stereocenters. The van der Waals surface area contributed by atoms with Crippen LogP contribution in [0.4, 0.5) is 0 Å². The molecular formula is C13H13NO2. The van der Waals surface area contributed by atoms with Crippen molar-refractivity contribution in [2.45, 2.75) is 13.8 Å². The van der Waals surface area contributed by atoms with E-state index >= 15 is 0 Å². The maximum Gasteiger partial charge on any atom is 0.328 e. The lowest BCUT2D eigenvalue weighted by atomic mass is 9.94. The summed E-state index contributed by atoms with van der Waals surface area (Å²) in [5.41, 5.74) is 2.05. The second-order valence-electron chi connectivity index (χ2n) is 3.79. The number of nitrogens with zero attached hydrogens (tertiary/aromatic N) is 1. The lowest BCUT2D eigenvalue weighted by Gasteiger charge is -2.10. The van der Waals surface area contributed by atoms with Crippen LogP contribution >= 0.6 is 0 Å². The highest BCUT2D eigenvalue weighted by atomic mass is 16.4. The average Bonchev–Trinajstić information content (AvgIpc) is 2.25. The van der Waals surface area contributed by atoms with Crippen LogP contribution in [0.2, 0.25) is 0 Å². The third kappa shape index (κ3) is 2.96. The van der Waals surface area contributed by atoms with Gasteiger partial charge in [0.05, 0.1) is 11.6 Å². The van der Waals surface area contributed by atoms with Crippen LogP contribution in [0, 0.1) is 17.2 Å². The summed E-state index contributed by atoms with van der Waals surface area (Å²) < 4.78 is 0. The molecule has 0 aliphatic carbocycles. The Bertz CT molecular complexity index is 467. The zero-order valence-electron chi connectivity index (χ0n) is 9.27. The van der Waals surface area contributed by atoms with E-state index in [-0.39, 0.29) is 5.92 Å². The molecule has 3 heteroatoms. The molecule has 82 valence electrons. The van der Waals surface area contributed by atoms with E-state index in [9.17, 15) is 4.79 Å². The first-order chi connectivity index (χ1) is 7.54. The lowest BCUT2D eigenvalue weighted by Crippen LogP contribution is -1.99. The summed E-state index contributed by atoms with van der Waals surface area (Å²) in [6, 6.07) is 9.01. The molecule has 1 N–H and O–H groups in total. The Balaban J connectivity index is 3.22. The van der Waals surface area contributed by atoms with Crippen molar-refractivity contribution in [1.82, 2.24) is 0 Å². The van der Waals surface area contributed by atoms with Gasteiger partial charge in [-0.2, -0.15) is 5.26 Å². The maximum atomic E-state index is 10.7. The predicted octanol–water partition coefficient (Wildman–Crippen LogP) is 2.68. The van der Waals surface area contributed by atoms with Crippen LogP contribution in [0.3, 0.4) is 0 Å². The number of hydrogen-bond donors (Lipinski definition) is 1. The highest BCUT2D eigenvalue weighted by molar-refractivity contribution is 5.90. The van der Waals surface area contributed by atoms with E-state index in [0.29, 0.717) is 5.56 Å².